The lowest BCUT2D eigenvalue weighted by Crippen LogP contribution is -2.10. The van der Waals surface area contributed by atoms with Gasteiger partial charge in [0.1, 0.15) is 0 Å². The minimum atomic E-state index is 0.0756. The molecule has 1 saturated carbocycles. The van der Waals surface area contributed by atoms with Crippen LogP contribution in [0.25, 0.3) is 0 Å². The predicted octanol–water partition coefficient (Wildman–Crippen LogP) is 3.95. The molecule has 1 fully saturated rings. The molecule has 0 amide bonds. The Morgan fingerprint density at radius 3 is 2.56 bits per heavy atom. The molecule has 0 atom stereocenters. The summed E-state index contributed by atoms with van der Waals surface area (Å²) in [4.78, 5) is 15.2. The van der Waals surface area contributed by atoms with Gasteiger partial charge in [0.25, 0.3) is 0 Å². The van der Waals surface area contributed by atoms with Gasteiger partial charge in [0.2, 0.25) is 0 Å². The van der Waals surface area contributed by atoms with E-state index in [1.807, 2.05) is 11.3 Å². The van der Waals surface area contributed by atoms with Gasteiger partial charge in [-0.2, -0.15) is 0 Å². The van der Waals surface area contributed by atoms with Gasteiger partial charge in [0, 0.05) is 20.7 Å². The Hall–Kier alpha value is -0.630. The van der Waals surface area contributed by atoms with E-state index < -0.39 is 0 Å². The number of carbonyl (C=O) groups is 1. The summed E-state index contributed by atoms with van der Waals surface area (Å²) in [6, 6.07) is 0. The molecule has 2 aliphatic rings. The summed E-state index contributed by atoms with van der Waals surface area (Å²) >= 11 is 1.88. The van der Waals surface area contributed by atoms with Gasteiger partial charge < -0.3 is 0 Å². The number of hydrogen-bond donors (Lipinski definition) is 0. The topological polar surface area (TPSA) is 17.1 Å². The van der Waals surface area contributed by atoms with Crippen molar-refractivity contribution in [3.8, 4) is 0 Å². The third kappa shape index (κ3) is 1.20. The first-order valence-corrected chi connectivity index (χ1v) is 7.10. The summed E-state index contributed by atoms with van der Waals surface area (Å²) in [5, 5.41) is 0. The second-order valence-corrected chi connectivity index (χ2v) is 6.67. The SMILES string of the molecule is CCc1sc(C(C)C)c2c1C(=O)C1(CC1)C2. The van der Waals surface area contributed by atoms with Gasteiger partial charge in [-0.25, -0.2) is 0 Å². The molecule has 0 saturated heterocycles. The van der Waals surface area contributed by atoms with E-state index in [0.29, 0.717) is 11.7 Å². The van der Waals surface area contributed by atoms with E-state index in [9.17, 15) is 4.79 Å². The van der Waals surface area contributed by atoms with E-state index in [4.69, 9.17) is 0 Å². The zero-order valence-corrected chi connectivity index (χ0v) is 11.0. The average Bonchev–Trinajstić information content (AvgIpc) is 2.84. The van der Waals surface area contributed by atoms with E-state index in [1.165, 1.54) is 15.3 Å². The third-order valence-electron chi connectivity index (χ3n) is 4.03. The summed E-state index contributed by atoms with van der Waals surface area (Å²) < 4.78 is 0. The van der Waals surface area contributed by atoms with Crippen LogP contribution in [0.5, 0.6) is 0 Å². The highest BCUT2D eigenvalue weighted by molar-refractivity contribution is 7.12. The number of Topliss-reactive ketones (excluding diaryl/α,β-unsaturated/α-hetero) is 1. The van der Waals surface area contributed by atoms with Crippen molar-refractivity contribution in [3.05, 3.63) is 20.9 Å². The van der Waals surface area contributed by atoms with Crippen LogP contribution in [0, 0.1) is 5.41 Å². The molecule has 2 heteroatoms. The molecule has 0 unspecified atom stereocenters. The molecule has 2 aliphatic carbocycles. The van der Waals surface area contributed by atoms with Gasteiger partial charge in [-0.1, -0.05) is 20.8 Å². The van der Waals surface area contributed by atoms with Gasteiger partial charge in [-0.05, 0) is 37.2 Å². The van der Waals surface area contributed by atoms with Crippen LogP contribution in [0.15, 0.2) is 0 Å². The van der Waals surface area contributed by atoms with Crippen molar-refractivity contribution in [1.29, 1.82) is 0 Å². The monoisotopic (exact) mass is 234 g/mol. The van der Waals surface area contributed by atoms with Crippen LogP contribution < -0.4 is 0 Å². The van der Waals surface area contributed by atoms with Crippen LogP contribution >= 0.6 is 11.3 Å². The van der Waals surface area contributed by atoms with Crippen molar-refractivity contribution in [1.82, 2.24) is 0 Å². The smallest absolute Gasteiger partial charge is 0.170 e. The van der Waals surface area contributed by atoms with Crippen LogP contribution in [0.1, 0.15) is 65.2 Å². The van der Waals surface area contributed by atoms with E-state index in [2.05, 4.69) is 20.8 Å². The lowest BCUT2D eigenvalue weighted by atomic mass is 10.0. The maximum atomic E-state index is 12.4. The van der Waals surface area contributed by atoms with Gasteiger partial charge in [-0.15, -0.1) is 11.3 Å². The van der Waals surface area contributed by atoms with Crippen LogP contribution in [-0.2, 0) is 12.8 Å². The number of thiophene rings is 1. The average molecular weight is 234 g/mol. The third-order valence-corrected chi connectivity index (χ3v) is 5.71. The molecule has 1 aromatic heterocycles. The number of rotatable bonds is 2. The minimum absolute atomic E-state index is 0.0756. The molecule has 1 aromatic rings. The van der Waals surface area contributed by atoms with Gasteiger partial charge in [0.05, 0.1) is 0 Å². The lowest BCUT2D eigenvalue weighted by Gasteiger charge is -2.06. The maximum absolute atomic E-state index is 12.4. The van der Waals surface area contributed by atoms with Crippen molar-refractivity contribution in [2.45, 2.75) is 52.4 Å². The normalized spacial score (nSPS) is 20.9. The van der Waals surface area contributed by atoms with Crippen molar-refractivity contribution >= 4 is 17.1 Å². The van der Waals surface area contributed by atoms with Crippen molar-refractivity contribution in [3.63, 3.8) is 0 Å². The first-order chi connectivity index (χ1) is 7.59. The number of hydrogen-bond acceptors (Lipinski definition) is 2. The molecule has 1 nitrogen and oxygen atoms in total. The van der Waals surface area contributed by atoms with E-state index in [0.717, 1.165) is 31.2 Å². The second-order valence-electron chi connectivity index (χ2n) is 5.54. The highest BCUT2D eigenvalue weighted by Gasteiger charge is 2.56. The largest absolute Gasteiger partial charge is 0.293 e. The Balaban J connectivity index is 2.16. The molecule has 0 aromatic carbocycles. The van der Waals surface area contributed by atoms with Gasteiger partial charge in [0.15, 0.2) is 5.78 Å². The van der Waals surface area contributed by atoms with Crippen molar-refractivity contribution in [2.24, 2.45) is 5.41 Å². The quantitative estimate of drug-likeness (QED) is 0.757. The molecule has 16 heavy (non-hydrogen) atoms. The zero-order valence-electron chi connectivity index (χ0n) is 10.2. The summed E-state index contributed by atoms with van der Waals surface area (Å²) in [6.45, 7) is 6.66. The zero-order chi connectivity index (χ0) is 11.5. The summed E-state index contributed by atoms with van der Waals surface area (Å²) in [5.74, 6) is 1.04. The standard InChI is InChI=1S/C14H18OS/c1-4-10-11-9(12(16-10)8(2)3)7-14(5-6-14)13(11)15/h8H,4-7H2,1-3H3. The highest BCUT2D eigenvalue weighted by Crippen LogP contribution is 2.58. The van der Waals surface area contributed by atoms with Crippen molar-refractivity contribution in [2.75, 3.05) is 0 Å². The van der Waals surface area contributed by atoms with Crippen molar-refractivity contribution < 1.29 is 4.79 Å². The van der Waals surface area contributed by atoms with Gasteiger partial charge >= 0.3 is 0 Å². The molecule has 0 radical (unpaired) electrons. The number of carbonyl (C=O) groups excluding carboxylic acids is 1. The molecule has 1 heterocycles. The Bertz CT molecular complexity index is 463. The first kappa shape index (κ1) is 10.5. The Kier molecular flexibility index (Phi) is 2.10. The molecule has 1 spiro atoms. The molecular weight excluding hydrogens is 216 g/mol. The predicted molar refractivity (Wildman–Crippen MR) is 67.5 cm³/mol. The fourth-order valence-electron chi connectivity index (χ4n) is 2.93. The van der Waals surface area contributed by atoms with Crippen LogP contribution in [0.2, 0.25) is 0 Å². The first-order valence-electron chi connectivity index (χ1n) is 6.28. The Labute approximate surface area is 101 Å². The summed E-state index contributed by atoms with van der Waals surface area (Å²) in [7, 11) is 0. The molecular formula is C14H18OS. The molecule has 0 N–H and O–H groups in total. The Morgan fingerprint density at radius 2 is 2.06 bits per heavy atom. The lowest BCUT2D eigenvalue weighted by molar-refractivity contribution is 0.0918. The fraction of sp³-hybridized carbons (Fsp3) is 0.643. The summed E-state index contributed by atoms with van der Waals surface area (Å²) in [5.41, 5.74) is 2.62. The van der Waals surface area contributed by atoms with E-state index in [-0.39, 0.29) is 5.41 Å². The maximum Gasteiger partial charge on any atom is 0.170 e. The van der Waals surface area contributed by atoms with E-state index in [1.54, 1.807) is 0 Å². The summed E-state index contributed by atoms with van der Waals surface area (Å²) in [6.07, 6.45) is 4.32. The van der Waals surface area contributed by atoms with Crippen LogP contribution in [0.3, 0.4) is 0 Å². The molecule has 86 valence electrons. The van der Waals surface area contributed by atoms with E-state index >= 15 is 0 Å². The molecule has 0 bridgehead atoms. The number of aryl methyl sites for hydroxylation is 1. The fourth-order valence-corrected chi connectivity index (χ4v) is 4.19. The minimum Gasteiger partial charge on any atom is -0.293 e. The highest BCUT2D eigenvalue weighted by atomic mass is 32.1. The second kappa shape index (κ2) is 3.19. The van der Waals surface area contributed by atoms with Crippen LogP contribution in [0.4, 0.5) is 0 Å². The van der Waals surface area contributed by atoms with Crippen LogP contribution in [-0.4, -0.2) is 5.78 Å². The Morgan fingerprint density at radius 1 is 1.38 bits per heavy atom. The van der Waals surface area contributed by atoms with Gasteiger partial charge in [-0.3, -0.25) is 4.79 Å². The molecule has 3 rings (SSSR count). The molecule has 0 aliphatic heterocycles. The number of ketones is 1. The number of fused-ring (bicyclic) bond motifs is 1.